The van der Waals surface area contributed by atoms with Gasteiger partial charge < -0.3 is 9.67 Å². The fraction of sp³-hybridized carbons (Fsp3) is 0.0714. The van der Waals surface area contributed by atoms with Gasteiger partial charge in [0.25, 0.3) is 5.56 Å². The van der Waals surface area contributed by atoms with Crippen molar-refractivity contribution in [3.8, 4) is 6.07 Å². The van der Waals surface area contributed by atoms with Crippen LogP contribution in [-0.2, 0) is 6.54 Å². The van der Waals surface area contributed by atoms with Crippen molar-refractivity contribution in [3.63, 3.8) is 0 Å². The maximum absolute atomic E-state index is 13.6. The molecule has 0 atom stereocenters. The Kier molecular flexibility index (Phi) is 3.62. The van der Waals surface area contributed by atoms with E-state index >= 15 is 0 Å². The summed E-state index contributed by atoms with van der Waals surface area (Å²) >= 11 is 0. The highest BCUT2D eigenvalue weighted by molar-refractivity contribution is 5.87. The van der Waals surface area contributed by atoms with E-state index in [1.807, 2.05) is 6.07 Å². The van der Waals surface area contributed by atoms with E-state index in [0.29, 0.717) is 0 Å². The second-order valence-corrected chi connectivity index (χ2v) is 4.11. The van der Waals surface area contributed by atoms with Crippen LogP contribution in [0.4, 0.5) is 4.39 Å². The largest absolute Gasteiger partial charge is 0.478 e. The number of benzene rings is 1. The van der Waals surface area contributed by atoms with Crippen LogP contribution in [0.1, 0.15) is 21.5 Å². The summed E-state index contributed by atoms with van der Waals surface area (Å²) in [5.41, 5.74) is -0.101. The van der Waals surface area contributed by atoms with Gasteiger partial charge in [0.15, 0.2) is 0 Å². The molecule has 0 radical (unpaired) electrons. The number of aromatic nitrogens is 1. The first kappa shape index (κ1) is 13.5. The van der Waals surface area contributed by atoms with Crippen molar-refractivity contribution < 1.29 is 14.3 Å². The van der Waals surface area contributed by atoms with Gasteiger partial charge in [0.1, 0.15) is 5.82 Å². The Balaban J connectivity index is 2.45. The quantitative estimate of drug-likeness (QED) is 0.920. The molecule has 0 aliphatic carbocycles. The standard InChI is InChI=1S/C14H9FN2O3/c15-12-3-1-9(6-16)5-11(12)8-17-7-10(14(19)20)2-4-13(17)18/h1-5,7H,8H2,(H,19,20). The van der Waals surface area contributed by atoms with Crippen molar-refractivity contribution >= 4 is 5.97 Å². The van der Waals surface area contributed by atoms with Crippen LogP contribution in [0.5, 0.6) is 0 Å². The van der Waals surface area contributed by atoms with Gasteiger partial charge in [0, 0.05) is 17.8 Å². The van der Waals surface area contributed by atoms with Crippen LogP contribution in [0.3, 0.4) is 0 Å². The highest BCUT2D eigenvalue weighted by Crippen LogP contribution is 2.11. The topological polar surface area (TPSA) is 83.1 Å². The van der Waals surface area contributed by atoms with Gasteiger partial charge >= 0.3 is 5.97 Å². The number of nitrogens with zero attached hydrogens (tertiary/aromatic N) is 2. The molecule has 0 aliphatic rings. The molecule has 1 heterocycles. The first-order valence-corrected chi connectivity index (χ1v) is 5.63. The highest BCUT2D eigenvalue weighted by atomic mass is 19.1. The number of carboxylic acids is 1. The number of aromatic carboxylic acids is 1. The molecule has 1 aromatic heterocycles. The summed E-state index contributed by atoms with van der Waals surface area (Å²) in [6.45, 7) is -0.138. The maximum atomic E-state index is 13.6. The van der Waals surface area contributed by atoms with Gasteiger partial charge in [-0.1, -0.05) is 0 Å². The summed E-state index contributed by atoms with van der Waals surface area (Å²) in [5, 5.41) is 17.6. The number of hydrogen-bond donors (Lipinski definition) is 1. The Bertz CT molecular complexity index is 775. The van der Waals surface area contributed by atoms with E-state index in [1.54, 1.807) is 0 Å². The molecule has 1 N–H and O–H groups in total. The summed E-state index contributed by atoms with van der Waals surface area (Å²) < 4.78 is 14.7. The van der Waals surface area contributed by atoms with E-state index < -0.39 is 17.3 Å². The molecule has 1 aromatic carbocycles. The van der Waals surface area contributed by atoms with Crippen LogP contribution >= 0.6 is 0 Å². The minimum Gasteiger partial charge on any atom is -0.478 e. The monoisotopic (exact) mass is 272 g/mol. The molecule has 0 spiro atoms. The number of carboxylic acid groups (broad SMARTS) is 1. The number of pyridine rings is 1. The second kappa shape index (κ2) is 5.36. The molecule has 0 saturated carbocycles. The van der Waals surface area contributed by atoms with Crippen molar-refractivity contribution in [2.24, 2.45) is 0 Å². The maximum Gasteiger partial charge on any atom is 0.337 e. The van der Waals surface area contributed by atoms with Crippen molar-refractivity contribution in [1.82, 2.24) is 4.57 Å². The number of nitriles is 1. The lowest BCUT2D eigenvalue weighted by Gasteiger charge is -2.08. The molecule has 20 heavy (non-hydrogen) atoms. The molecule has 0 bridgehead atoms. The van der Waals surface area contributed by atoms with Crippen LogP contribution in [0.15, 0.2) is 41.3 Å². The predicted octanol–water partition coefficient (Wildman–Crippen LogP) is 1.61. The number of rotatable bonds is 3. The smallest absolute Gasteiger partial charge is 0.337 e. The van der Waals surface area contributed by atoms with Crippen LogP contribution in [0, 0.1) is 17.1 Å². The van der Waals surface area contributed by atoms with Gasteiger partial charge in [-0.15, -0.1) is 0 Å². The van der Waals surface area contributed by atoms with Crippen molar-refractivity contribution in [2.45, 2.75) is 6.54 Å². The third kappa shape index (κ3) is 2.72. The Hall–Kier alpha value is -2.94. The van der Waals surface area contributed by atoms with Crippen molar-refractivity contribution in [3.05, 3.63) is 69.4 Å². The van der Waals surface area contributed by atoms with Crippen molar-refractivity contribution in [2.75, 3.05) is 0 Å². The first-order chi connectivity index (χ1) is 9.51. The first-order valence-electron chi connectivity index (χ1n) is 5.63. The normalized spacial score (nSPS) is 10.0. The van der Waals surface area contributed by atoms with Crippen LogP contribution in [0.2, 0.25) is 0 Å². The molecule has 0 fully saturated rings. The Morgan fingerprint density at radius 3 is 2.75 bits per heavy atom. The summed E-state index contributed by atoms with van der Waals surface area (Å²) in [4.78, 5) is 22.5. The lowest BCUT2D eigenvalue weighted by molar-refractivity contribution is 0.0696. The molecule has 5 nitrogen and oxygen atoms in total. The van der Waals surface area contributed by atoms with Gasteiger partial charge in [-0.2, -0.15) is 5.26 Å². The van der Waals surface area contributed by atoms with Crippen LogP contribution < -0.4 is 5.56 Å². The highest BCUT2D eigenvalue weighted by Gasteiger charge is 2.09. The SMILES string of the molecule is N#Cc1ccc(F)c(Cn2cc(C(=O)O)ccc2=O)c1. The third-order valence-electron chi connectivity index (χ3n) is 2.75. The van der Waals surface area contributed by atoms with Gasteiger partial charge in [-0.25, -0.2) is 9.18 Å². The molecule has 0 saturated heterocycles. The third-order valence-corrected chi connectivity index (χ3v) is 2.75. The Labute approximate surface area is 113 Å². The van der Waals surface area contributed by atoms with Gasteiger partial charge in [0.2, 0.25) is 0 Å². The summed E-state index contributed by atoms with van der Waals surface area (Å²) in [6, 6.07) is 7.96. The Morgan fingerprint density at radius 2 is 2.10 bits per heavy atom. The lowest BCUT2D eigenvalue weighted by atomic mass is 10.1. The predicted molar refractivity (Wildman–Crippen MR) is 67.9 cm³/mol. The van der Waals surface area contributed by atoms with Gasteiger partial charge in [0.05, 0.1) is 23.7 Å². The van der Waals surface area contributed by atoms with Gasteiger partial charge in [-0.05, 0) is 24.3 Å². The van der Waals surface area contributed by atoms with E-state index in [9.17, 15) is 14.0 Å². The zero-order chi connectivity index (χ0) is 14.7. The summed E-state index contributed by atoms with van der Waals surface area (Å²) in [6.07, 6.45) is 1.14. The number of hydrogen-bond acceptors (Lipinski definition) is 3. The molecule has 100 valence electrons. The second-order valence-electron chi connectivity index (χ2n) is 4.11. The minimum atomic E-state index is -1.18. The van der Waals surface area contributed by atoms with E-state index in [0.717, 1.165) is 22.9 Å². The molecule has 0 unspecified atom stereocenters. The van der Waals surface area contributed by atoms with Crippen molar-refractivity contribution in [1.29, 1.82) is 5.26 Å². The molecular formula is C14H9FN2O3. The van der Waals surface area contributed by atoms with E-state index in [4.69, 9.17) is 10.4 Å². The average Bonchev–Trinajstić information content (AvgIpc) is 2.43. The number of halogens is 1. The summed E-state index contributed by atoms with van der Waals surface area (Å²) in [7, 11) is 0. The lowest BCUT2D eigenvalue weighted by Crippen LogP contribution is -2.21. The average molecular weight is 272 g/mol. The Morgan fingerprint density at radius 1 is 1.35 bits per heavy atom. The summed E-state index contributed by atoms with van der Waals surface area (Å²) in [5.74, 6) is -1.73. The molecular weight excluding hydrogens is 263 g/mol. The van der Waals surface area contributed by atoms with E-state index in [2.05, 4.69) is 0 Å². The molecule has 0 amide bonds. The molecule has 6 heteroatoms. The zero-order valence-corrected chi connectivity index (χ0v) is 10.2. The zero-order valence-electron chi connectivity index (χ0n) is 10.2. The van der Waals surface area contributed by atoms with E-state index in [1.165, 1.54) is 18.2 Å². The molecule has 2 rings (SSSR count). The molecule has 0 aliphatic heterocycles. The van der Waals surface area contributed by atoms with E-state index in [-0.39, 0.29) is 23.2 Å². The molecule has 2 aromatic rings. The van der Waals surface area contributed by atoms with Gasteiger partial charge in [-0.3, -0.25) is 4.79 Å². The van der Waals surface area contributed by atoms with Crippen LogP contribution in [0.25, 0.3) is 0 Å². The minimum absolute atomic E-state index is 0.0681. The fourth-order valence-corrected chi connectivity index (χ4v) is 1.73. The fourth-order valence-electron chi connectivity index (χ4n) is 1.73. The van der Waals surface area contributed by atoms with Crippen LogP contribution in [-0.4, -0.2) is 15.6 Å². The number of carbonyl (C=O) groups is 1.